The minimum atomic E-state index is -2.51. The molecule has 2 bridgehead atoms. The van der Waals surface area contributed by atoms with E-state index in [2.05, 4.69) is 20.9 Å². The number of ether oxygens (including phenoxy) is 4. The zero-order chi connectivity index (χ0) is 42.5. The number of nitrogens with zero attached hydrogens (tertiary/aromatic N) is 3. The van der Waals surface area contributed by atoms with E-state index in [0.717, 1.165) is 27.7 Å². The molecule has 1 aromatic heterocycles. The highest BCUT2D eigenvalue weighted by Crippen LogP contribution is 2.68. The summed E-state index contributed by atoms with van der Waals surface area (Å²) in [5.74, 6) is -3.46. The number of piperidine rings is 1. The van der Waals surface area contributed by atoms with E-state index >= 15 is 0 Å². The van der Waals surface area contributed by atoms with Gasteiger partial charge in [-0.25, -0.2) is 4.79 Å². The Morgan fingerprint density at radius 2 is 1.80 bits per heavy atom. The number of aromatic nitrogens is 1. The highest BCUT2D eigenvalue weighted by atomic mass is 16.6. The second kappa shape index (κ2) is 14.4. The minimum Gasteiger partial charge on any atom is -0.496 e. The first-order valence-corrected chi connectivity index (χ1v) is 21.3. The molecule has 1 unspecified atom stereocenters. The van der Waals surface area contributed by atoms with Crippen molar-refractivity contribution in [2.75, 3.05) is 59.0 Å². The van der Waals surface area contributed by atoms with Crippen molar-refractivity contribution in [1.82, 2.24) is 14.8 Å². The molecule has 1 amide bonds. The van der Waals surface area contributed by atoms with Crippen LogP contribution < -0.4 is 9.64 Å². The quantitative estimate of drug-likeness (QED) is 0.131. The number of carbonyl (C=O) groups is 4. The van der Waals surface area contributed by atoms with Crippen LogP contribution in [0.25, 0.3) is 10.9 Å². The molecule has 9 rings (SSSR count). The van der Waals surface area contributed by atoms with Crippen molar-refractivity contribution >= 4 is 40.9 Å². The van der Waals surface area contributed by atoms with Crippen LogP contribution in [0.5, 0.6) is 5.75 Å². The number of para-hydroxylation sites is 1. The van der Waals surface area contributed by atoms with E-state index in [1.165, 1.54) is 26.0 Å². The Labute approximate surface area is 349 Å². The van der Waals surface area contributed by atoms with Gasteiger partial charge in [-0.3, -0.25) is 24.2 Å². The van der Waals surface area contributed by atoms with E-state index < -0.39 is 70.0 Å². The number of benzene rings is 2. The maximum Gasteiger partial charge on any atom is 0.344 e. The average molecular weight is 825 g/mol. The number of rotatable bonds is 8. The van der Waals surface area contributed by atoms with Gasteiger partial charge in [0.05, 0.1) is 38.7 Å². The second-order valence-electron chi connectivity index (χ2n) is 18.0. The molecule has 3 fully saturated rings. The Bertz CT molecular complexity index is 2290. The monoisotopic (exact) mass is 824 g/mol. The van der Waals surface area contributed by atoms with Gasteiger partial charge < -0.3 is 39.0 Å². The van der Waals surface area contributed by atoms with Gasteiger partial charge >= 0.3 is 17.9 Å². The fourth-order valence-electron chi connectivity index (χ4n) is 13.3. The lowest BCUT2D eigenvalue weighted by atomic mass is 9.47. The Morgan fingerprint density at radius 3 is 2.48 bits per heavy atom. The molecule has 1 saturated carbocycles. The number of anilines is 1. The smallest absolute Gasteiger partial charge is 0.344 e. The summed E-state index contributed by atoms with van der Waals surface area (Å²) in [6.45, 7) is 8.11. The molecule has 3 N–H and O–H groups in total. The summed E-state index contributed by atoms with van der Waals surface area (Å²) >= 11 is 0. The highest BCUT2D eigenvalue weighted by molar-refractivity contribution is 5.93. The Hall–Kier alpha value is -4.76. The van der Waals surface area contributed by atoms with Crippen LogP contribution in [0, 0.1) is 11.3 Å². The third kappa shape index (κ3) is 5.39. The van der Waals surface area contributed by atoms with E-state index in [1.54, 1.807) is 13.2 Å². The number of fused-ring (bicyclic) bond motifs is 6. The molecule has 14 nitrogen and oxygen atoms in total. The average Bonchev–Trinajstić information content (AvgIpc) is 3.92. The second-order valence-corrected chi connectivity index (χ2v) is 18.0. The first kappa shape index (κ1) is 40.6. The summed E-state index contributed by atoms with van der Waals surface area (Å²) in [6.07, 6.45) is 5.62. The summed E-state index contributed by atoms with van der Waals surface area (Å²) < 4.78 is 23.5. The van der Waals surface area contributed by atoms with Gasteiger partial charge in [-0.15, -0.1) is 0 Å². The largest absolute Gasteiger partial charge is 0.496 e. The molecule has 6 heterocycles. The number of amides is 1. The van der Waals surface area contributed by atoms with Crippen molar-refractivity contribution < 1.29 is 48.3 Å². The predicted octanol–water partition coefficient (Wildman–Crippen LogP) is 3.71. The van der Waals surface area contributed by atoms with Crippen LogP contribution in [-0.4, -0.2) is 133 Å². The van der Waals surface area contributed by atoms with E-state index in [-0.39, 0.29) is 5.92 Å². The molecule has 3 aromatic rings. The lowest BCUT2D eigenvalue weighted by Gasteiger charge is -2.63. The molecular formula is C46H56N4O10. The minimum absolute atomic E-state index is 0.270. The maximum atomic E-state index is 14.7. The van der Waals surface area contributed by atoms with Gasteiger partial charge in [0.1, 0.15) is 11.7 Å². The molecule has 2 aromatic carbocycles. The van der Waals surface area contributed by atoms with Gasteiger partial charge in [0.15, 0.2) is 6.10 Å². The molecule has 0 radical (unpaired) electrons. The fourth-order valence-corrected chi connectivity index (χ4v) is 13.3. The number of H-pyrrole nitrogens is 1. The molecular weight excluding hydrogens is 769 g/mol. The lowest BCUT2D eigenvalue weighted by molar-refractivity contribution is -0.228. The normalized spacial score (nSPS) is 36.5. The SMILES string of the molecule is CC[C@]1(O)C[C@H]2C[N@](CCc3c([nH]c4ccccc34)[C@H](C(=O)OC)[C@H]2c2cc3c(cc2OC)N(C=O)[C@@H]2[C@]34CCN3CC=C[C@@](CC)(C(OC(C)=O)[C@]2(O)C(=O)OC)[C@H]34)C1. The summed E-state index contributed by atoms with van der Waals surface area (Å²) in [6, 6.07) is 10.2. The van der Waals surface area contributed by atoms with Crippen molar-refractivity contribution in [2.45, 2.75) is 99.5 Å². The van der Waals surface area contributed by atoms with Gasteiger partial charge in [0, 0.05) is 78.6 Å². The first-order valence-electron chi connectivity index (χ1n) is 21.3. The predicted molar refractivity (Wildman–Crippen MR) is 221 cm³/mol. The summed E-state index contributed by atoms with van der Waals surface area (Å²) in [7, 11) is 4.14. The number of nitrogens with one attached hydrogen (secondary N) is 1. The van der Waals surface area contributed by atoms with Crippen molar-refractivity contribution in [3.63, 3.8) is 0 Å². The molecule has 11 atom stereocenters. The number of hydrogen-bond acceptors (Lipinski definition) is 12. The van der Waals surface area contributed by atoms with Crippen LogP contribution in [0.3, 0.4) is 0 Å². The highest BCUT2D eigenvalue weighted by Gasteiger charge is 2.81. The van der Waals surface area contributed by atoms with Gasteiger partial charge in [-0.1, -0.05) is 44.2 Å². The molecule has 320 valence electrons. The third-order valence-corrected chi connectivity index (χ3v) is 15.5. The zero-order valence-corrected chi connectivity index (χ0v) is 35.2. The number of esters is 3. The van der Waals surface area contributed by atoms with Crippen LogP contribution in [0.1, 0.15) is 80.7 Å². The molecule has 60 heavy (non-hydrogen) atoms. The topological polar surface area (TPSA) is 171 Å². The van der Waals surface area contributed by atoms with Gasteiger partial charge in [0.25, 0.3) is 0 Å². The molecule has 1 spiro atoms. The van der Waals surface area contributed by atoms with Gasteiger partial charge in [0.2, 0.25) is 12.0 Å². The van der Waals surface area contributed by atoms with E-state index in [1.807, 2.05) is 50.3 Å². The maximum absolute atomic E-state index is 14.7. The molecule has 2 saturated heterocycles. The standard InChI is InChI=1S/C46H56N4O10/c1-7-43(55)22-27-23-48(24-43)18-14-29-28-12-9-10-13-32(28)47-37(29)36(38(53)58-5)35(27)30-20-31-33(21-34(30)57-4)50(25-51)40-45(31)16-19-49-17-11-15-44(8-2,39(45)49)41(60-26(3)52)46(40,56)42(54)59-6/h9-13,15,20-21,25,27,35-36,39-41,47,55-56H,7-8,14,16-19,22-24H2,1-6H3/t27-,35+,36+,39-,40+,41?,43-,44+,45+,46-/m0/s1. The summed E-state index contributed by atoms with van der Waals surface area (Å²) in [5, 5.41) is 26.5. The fraction of sp³-hybridized carbons (Fsp3) is 0.565. The number of hydrogen-bond donors (Lipinski definition) is 3. The number of aromatic amines is 1. The molecule has 5 aliphatic heterocycles. The lowest BCUT2D eigenvalue weighted by Crippen LogP contribution is -2.81. The Kier molecular flexibility index (Phi) is 9.77. The van der Waals surface area contributed by atoms with Crippen molar-refractivity contribution in [3.05, 3.63) is 70.9 Å². The Balaban J connectivity index is 1.35. The Morgan fingerprint density at radius 1 is 1.02 bits per heavy atom. The van der Waals surface area contributed by atoms with Crippen LogP contribution in [0.2, 0.25) is 0 Å². The van der Waals surface area contributed by atoms with Crippen LogP contribution in [0.4, 0.5) is 5.69 Å². The molecule has 1 aliphatic carbocycles. The van der Waals surface area contributed by atoms with E-state index in [9.17, 15) is 29.4 Å². The van der Waals surface area contributed by atoms with Gasteiger partial charge in [-0.2, -0.15) is 0 Å². The summed E-state index contributed by atoms with van der Waals surface area (Å²) in [4.78, 5) is 65.4. The number of methoxy groups -OCH3 is 3. The van der Waals surface area contributed by atoms with E-state index in [0.29, 0.717) is 88.2 Å². The number of aliphatic hydroxyl groups is 2. The van der Waals surface area contributed by atoms with Crippen molar-refractivity contribution in [2.24, 2.45) is 11.3 Å². The van der Waals surface area contributed by atoms with Crippen LogP contribution >= 0.6 is 0 Å². The van der Waals surface area contributed by atoms with Gasteiger partial charge in [-0.05, 0) is 73.4 Å². The van der Waals surface area contributed by atoms with Crippen LogP contribution in [-0.2, 0) is 45.2 Å². The third-order valence-electron chi connectivity index (χ3n) is 15.5. The van der Waals surface area contributed by atoms with Crippen molar-refractivity contribution in [1.29, 1.82) is 0 Å². The van der Waals surface area contributed by atoms with Crippen molar-refractivity contribution in [3.8, 4) is 5.75 Å². The zero-order valence-electron chi connectivity index (χ0n) is 35.2. The first-order chi connectivity index (χ1) is 28.8. The number of carbonyl (C=O) groups excluding carboxylic acids is 4. The van der Waals surface area contributed by atoms with Crippen LogP contribution in [0.15, 0.2) is 48.6 Å². The molecule has 6 aliphatic rings. The summed E-state index contributed by atoms with van der Waals surface area (Å²) in [5.41, 5.74) is -1.17. The molecule has 14 heteroatoms. The van der Waals surface area contributed by atoms with E-state index in [4.69, 9.17) is 18.9 Å².